The second-order valence-electron chi connectivity index (χ2n) is 4.97. The zero-order valence-corrected chi connectivity index (χ0v) is 11.5. The molecule has 0 spiro atoms. The quantitative estimate of drug-likeness (QED) is 0.734. The summed E-state index contributed by atoms with van der Waals surface area (Å²) in [7, 11) is 0. The van der Waals surface area contributed by atoms with Crippen LogP contribution in [0.3, 0.4) is 0 Å². The highest BCUT2D eigenvalue weighted by molar-refractivity contribution is 5.74. The fourth-order valence-electron chi connectivity index (χ4n) is 2.39. The maximum absolute atomic E-state index is 11.7. The predicted molar refractivity (Wildman–Crippen MR) is 78.0 cm³/mol. The topological polar surface area (TPSA) is 61.4 Å². The first-order valence-electron chi connectivity index (χ1n) is 7.01. The molecular formula is C16H20N2O2. The molecule has 0 bridgehead atoms. The van der Waals surface area contributed by atoms with Crippen LogP contribution in [0.5, 0.6) is 0 Å². The number of hydrogen-bond acceptors (Lipinski definition) is 2. The molecule has 1 aromatic carbocycles. The molecule has 3 N–H and O–H groups in total. The second-order valence-corrected chi connectivity index (χ2v) is 4.97. The van der Waals surface area contributed by atoms with Gasteiger partial charge in [0.05, 0.1) is 0 Å². The van der Waals surface area contributed by atoms with Crippen molar-refractivity contribution in [3.05, 3.63) is 35.4 Å². The van der Waals surface area contributed by atoms with Crippen molar-refractivity contribution < 1.29 is 9.90 Å². The minimum absolute atomic E-state index is 0.108. The molecule has 0 unspecified atom stereocenters. The van der Waals surface area contributed by atoms with Crippen LogP contribution in [0.1, 0.15) is 36.8 Å². The molecule has 4 heteroatoms. The van der Waals surface area contributed by atoms with Crippen LogP contribution in [-0.4, -0.2) is 23.8 Å². The van der Waals surface area contributed by atoms with Crippen LogP contribution in [0.2, 0.25) is 0 Å². The number of amides is 2. The summed E-state index contributed by atoms with van der Waals surface area (Å²) in [5.41, 5.74) is 1.84. The largest absolute Gasteiger partial charge is 0.384 e. The molecule has 1 aliphatic carbocycles. The maximum atomic E-state index is 11.7. The van der Waals surface area contributed by atoms with Crippen molar-refractivity contribution in [2.45, 2.75) is 38.3 Å². The number of rotatable bonds is 3. The molecule has 4 nitrogen and oxygen atoms in total. The van der Waals surface area contributed by atoms with Crippen molar-refractivity contribution >= 4 is 6.03 Å². The number of hydrogen-bond donors (Lipinski definition) is 3. The molecular weight excluding hydrogens is 252 g/mol. The van der Waals surface area contributed by atoms with E-state index < -0.39 is 0 Å². The number of aliphatic hydroxyl groups is 1. The predicted octanol–water partition coefficient (Wildman–Crippen LogP) is 1.77. The van der Waals surface area contributed by atoms with Crippen LogP contribution in [0.15, 0.2) is 24.3 Å². The minimum Gasteiger partial charge on any atom is -0.384 e. The van der Waals surface area contributed by atoms with E-state index in [9.17, 15) is 4.79 Å². The molecule has 20 heavy (non-hydrogen) atoms. The highest BCUT2D eigenvalue weighted by Gasteiger charge is 2.16. The zero-order valence-electron chi connectivity index (χ0n) is 11.5. The van der Waals surface area contributed by atoms with E-state index >= 15 is 0 Å². The summed E-state index contributed by atoms with van der Waals surface area (Å²) in [6.07, 6.45) is 4.58. The van der Waals surface area contributed by atoms with Crippen molar-refractivity contribution in [1.82, 2.24) is 10.6 Å². The van der Waals surface area contributed by atoms with E-state index in [1.165, 1.54) is 12.8 Å². The van der Waals surface area contributed by atoms with Crippen LogP contribution in [0, 0.1) is 11.8 Å². The summed E-state index contributed by atoms with van der Waals surface area (Å²) in [5.74, 6) is 5.46. The van der Waals surface area contributed by atoms with Gasteiger partial charge in [0.2, 0.25) is 0 Å². The van der Waals surface area contributed by atoms with Gasteiger partial charge in [-0.3, -0.25) is 0 Å². The van der Waals surface area contributed by atoms with E-state index in [-0.39, 0.29) is 12.6 Å². The van der Waals surface area contributed by atoms with Gasteiger partial charge in [0.1, 0.15) is 6.61 Å². The number of nitrogens with one attached hydrogen (secondary N) is 2. The van der Waals surface area contributed by atoms with Gasteiger partial charge < -0.3 is 15.7 Å². The van der Waals surface area contributed by atoms with E-state index in [1.807, 2.05) is 24.3 Å². The molecule has 2 rings (SSSR count). The van der Waals surface area contributed by atoms with Gasteiger partial charge in [-0.05, 0) is 30.5 Å². The van der Waals surface area contributed by atoms with Gasteiger partial charge in [-0.25, -0.2) is 4.79 Å². The van der Waals surface area contributed by atoms with E-state index in [4.69, 9.17) is 5.11 Å². The van der Waals surface area contributed by atoms with Gasteiger partial charge in [-0.15, -0.1) is 0 Å². The van der Waals surface area contributed by atoms with Crippen molar-refractivity contribution in [2.24, 2.45) is 0 Å². The lowest BCUT2D eigenvalue weighted by Crippen LogP contribution is -2.40. The fraction of sp³-hybridized carbons (Fsp3) is 0.438. The third kappa shape index (κ3) is 4.60. The van der Waals surface area contributed by atoms with Crippen molar-refractivity contribution in [3.63, 3.8) is 0 Å². The third-order valence-electron chi connectivity index (χ3n) is 3.38. The van der Waals surface area contributed by atoms with Crippen molar-refractivity contribution in [1.29, 1.82) is 0 Å². The Bertz CT molecular complexity index is 511. The Balaban J connectivity index is 1.82. The first-order chi connectivity index (χ1) is 9.78. The standard InChI is InChI=1S/C16H20N2O2/c19-10-4-7-13-5-3-6-14(11-13)12-17-16(20)18-15-8-1-2-9-15/h3,5-6,11,15,19H,1-2,8-10,12H2,(H2,17,18,20). The second kappa shape index (κ2) is 7.56. The molecule has 0 heterocycles. The van der Waals surface area contributed by atoms with Crippen molar-refractivity contribution in [2.75, 3.05) is 6.61 Å². The van der Waals surface area contributed by atoms with Crippen LogP contribution in [-0.2, 0) is 6.54 Å². The smallest absolute Gasteiger partial charge is 0.315 e. The van der Waals surface area contributed by atoms with E-state index in [2.05, 4.69) is 22.5 Å². The van der Waals surface area contributed by atoms with Crippen LogP contribution < -0.4 is 10.6 Å². The Morgan fingerprint density at radius 1 is 1.35 bits per heavy atom. The van der Waals surface area contributed by atoms with E-state index in [1.54, 1.807) is 0 Å². The summed E-state index contributed by atoms with van der Waals surface area (Å²) in [4.78, 5) is 11.7. The number of aliphatic hydroxyl groups excluding tert-OH is 1. The average Bonchev–Trinajstić information content (AvgIpc) is 2.96. The first kappa shape index (κ1) is 14.4. The van der Waals surface area contributed by atoms with Crippen LogP contribution in [0.25, 0.3) is 0 Å². The number of carbonyl (C=O) groups is 1. The molecule has 0 aliphatic heterocycles. The SMILES string of the molecule is O=C(NCc1cccc(C#CCO)c1)NC1CCCC1. The van der Waals surface area contributed by atoms with Crippen molar-refractivity contribution in [3.8, 4) is 11.8 Å². The summed E-state index contributed by atoms with van der Waals surface area (Å²) < 4.78 is 0. The number of benzene rings is 1. The van der Waals surface area contributed by atoms with Gasteiger partial charge in [0.15, 0.2) is 0 Å². The Morgan fingerprint density at radius 3 is 2.90 bits per heavy atom. The summed E-state index contributed by atoms with van der Waals surface area (Å²) in [6, 6.07) is 7.86. The van der Waals surface area contributed by atoms with Crippen LogP contribution in [0.4, 0.5) is 4.79 Å². The number of urea groups is 1. The molecule has 0 atom stereocenters. The fourth-order valence-corrected chi connectivity index (χ4v) is 2.39. The van der Waals surface area contributed by atoms with Gasteiger partial charge in [-0.1, -0.05) is 36.8 Å². The van der Waals surface area contributed by atoms with Gasteiger partial charge in [0, 0.05) is 18.2 Å². The lowest BCUT2D eigenvalue weighted by atomic mass is 10.1. The molecule has 0 radical (unpaired) electrons. The third-order valence-corrected chi connectivity index (χ3v) is 3.38. The van der Waals surface area contributed by atoms with Gasteiger partial charge in [-0.2, -0.15) is 0 Å². The Morgan fingerprint density at radius 2 is 2.15 bits per heavy atom. The molecule has 2 amide bonds. The lowest BCUT2D eigenvalue weighted by Gasteiger charge is -2.13. The normalized spacial score (nSPS) is 14.4. The van der Waals surface area contributed by atoms with Crippen LogP contribution >= 0.6 is 0 Å². The van der Waals surface area contributed by atoms with E-state index in [0.29, 0.717) is 12.6 Å². The summed E-state index contributed by atoms with van der Waals surface area (Å²) >= 11 is 0. The molecule has 1 aromatic rings. The Kier molecular flexibility index (Phi) is 5.45. The Labute approximate surface area is 119 Å². The first-order valence-corrected chi connectivity index (χ1v) is 7.01. The molecule has 0 saturated heterocycles. The zero-order chi connectivity index (χ0) is 14.2. The highest BCUT2D eigenvalue weighted by atomic mass is 16.2. The van der Waals surface area contributed by atoms with Gasteiger partial charge in [0.25, 0.3) is 0 Å². The molecule has 1 saturated carbocycles. The Hall–Kier alpha value is -1.99. The summed E-state index contributed by atoms with van der Waals surface area (Å²) in [6.45, 7) is 0.333. The summed E-state index contributed by atoms with van der Waals surface area (Å²) in [5, 5.41) is 14.5. The monoisotopic (exact) mass is 272 g/mol. The molecule has 1 aliphatic rings. The highest BCUT2D eigenvalue weighted by Crippen LogP contribution is 2.17. The van der Waals surface area contributed by atoms with E-state index in [0.717, 1.165) is 24.0 Å². The molecule has 0 aromatic heterocycles. The molecule has 106 valence electrons. The van der Waals surface area contributed by atoms with Gasteiger partial charge >= 0.3 is 6.03 Å². The molecule has 1 fully saturated rings. The number of carbonyl (C=O) groups excluding carboxylic acids is 1. The lowest BCUT2D eigenvalue weighted by molar-refractivity contribution is 0.236. The maximum Gasteiger partial charge on any atom is 0.315 e. The average molecular weight is 272 g/mol. The minimum atomic E-state index is -0.147.